The molecule has 6 nitrogen and oxygen atoms in total. The molecule has 0 atom stereocenters. The molecular formula is C18H31IN4O2S. The van der Waals surface area contributed by atoms with Crippen LogP contribution < -0.4 is 10.6 Å². The highest BCUT2D eigenvalue weighted by Gasteiger charge is 2.10. The Morgan fingerprint density at radius 1 is 1.08 bits per heavy atom. The summed E-state index contributed by atoms with van der Waals surface area (Å²) in [4.78, 5) is 6.63. The van der Waals surface area contributed by atoms with Crippen molar-refractivity contribution in [2.75, 3.05) is 38.7 Å². The van der Waals surface area contributed by atoms with E-state index in [-0.39, 0.29) is 29.7 Å². The topological polar surface area (TPSA) is 73.8 Å². The first kappa shape index (κ1) is 23.2. The van der Waals surface area contributed by atoms with Gasteiger partial charge >= 0.3 is 0 Å². The number of aliphatic imine (C=N–C) groups is 1. The van der Waals surface area contributed by atoms with Crippen molar-refractivity contribution in [2.45, 2.75) is 32.4 Å². The normalized spacial score (nSPS) is 16.0. The van der Waals surface area contributed by atoms with Crippen LogP contribution in [0, 0.1) is 0 Å². The Morgan fingerprint density at radius 3 is 2.27 bits per heavy atom. The molecule has 0 unspecified atom stereocenters. The first-order valence-corrected chi connectivity index (χ1v) is 10.9. The quantitative estimate of drug-likeness (QED) is 0.345. The lowest BCUT2D eigenvalue weighted by atomic mass is 10.1. The molecule has 0 aliphatic carbocycles. The van der Waals surface area contributed by atoms with Crippen LogP contribution in [0.2, 0.25) is 0 Å². The molecule has 0 amide bonds. The molecule has 1 aliphatic rings. The van der Waals surface area contributed by atoms with Crippen LogP contribution in [0.1, 0.15) is 30.4 Å². The average molecular weight is 494 g/mol. The van der Waals surface area contributed by atoms with E-state index in [9.17, 15) is 8.42 Å². The Balaban J connectivity index is 0.00000338. The van der Waals surface area contributed by atoms with Crippen molar-refractivity contribution in [1.82, 2.24) is 15.5 Å². The highest BCUT2D eigenvalue weighted by Crippen LogP contribution is 2.13. The lowest BCUT2D eigenvalue weighted by Gasteiger charge is -2.26. The largest absolute Gasteiger partial charge is 0.355 e. The molecular weight excluding hydrogens is 463 g/mol. The van der Waals surface area contributed by atoms with Gasteiger partial charge in [-0.1, -0.05) is 30.7 Å². The maximum absolute atomic E-state index is 11.2. The third-order valence-corrected chi connectivity index (χ3v) is 5.27. The van der Waals surface area contributed by atoms with Gasteiger partial charge in [-0.25, -0.2) is 8.42 Å². The summed E-state index contributed by atoms with van der Waals surface area (Å²) in [6, 6.07) is 8.64. The van der Waals surface area contributed by atoms with Gasteiger partial charge in [-0.05, 0) is 37.1 Å². The van der Waals surface area contributed by atoms with Crippen molar-refractivity contribution < 1.29 is 8.42 Å². The van der Waals surface area contributed by atoms with Gasteiger partial charge in [0.15, 0.2) is 5.96 Å². The fourth-order valence-electron chi connectivity index (χ4n) is 2.90. The molecule has 1 saturated heterocycles. The lowest BCUT2D eigenvalue weighted by Crippen LogP contribution is -2.39. The van der Waals surface area contributed by atoms with Crippen LogP contribution in [0.4, 0.5) is 0 Å². The smallest absolute Gasteiger partial charge is 0.191 e. The second-order valence-corrected chi connectivity index (χ2v) is 8.90. The number of guanidine groups is 1. The Hall–Kier alpha value is -0.870. The van der Waals surface area contributed by atoms with Crippen LogP contribution in [-0.4, -0.2) is 58.0 Å². The molecule has 0 saturated carbocycles. The Kier molecular flexibility index (Phi) is 10.5. The number of hydrogen-bond donors (Lipinski definition) is 2. The van der Waals surface area contributed by atoms with Crippen molar-refractivity contribution in [3.05, 3.63) is 35.4 Å². The number of sulfone groups is 1. The predicted octanol–water partition coefficient (Wildman–Crippen LogP) is 2.00. The molecule has 8 heteroatoms. The third kappa shape index (κ3) is 9.18. The number of nitrogens with one attached hydrogen (secondary N) is 2. The zero-order valence-electron chi connectivity index (χ0n) is 15.7. The molecule has 0 bridgehead atoms. The van der Waals surface area contributed by atoms with E-state index in [2.05, 4.69) is 44.8 Å². The minimum atomic E-state index is -2.96. The molecule has 26 heavy (non-hydrogen) atoms. The molecule has 1 aliphatic heterocycles. The molecule has 1 heterocycles. The van der Waals surface area contributed by atoms with Gasteiger partial charge in [0.1, 0.15) is 9.84 Å². The van der Waals surface area contributed by atoms with Gasteiger partial charge in [0.2, 0.25) is 0 Å². The summed E-state index contributed by atoms with van der Waals surface area (Å²) in [6.07, 6.45) is 5.22. The predicted molar refractivity (Wildman–Crippen MR) is 119 cm³/mol. The fourth-order valence-corrected chi connectivity index (χ4v) is 3.37. The van der Waals surface area contributed by atoms with E-state index in [0.717, 1.165) is 6.54 Å². The summed E-state index contributed by atoms with van der Waals surface area (Å²) < 4.78 is 22.3. The van der Waals surface area contributed by atoms with Crippen LogP contribution in [0.15, 0.2) is 29.3 Å². The first-order chi connectivity index (χ1) is 12.0. The van der Waals surface area contributed by atoms with E-state index in [1.165, 1.54) is 49.7 Å². The zero-order chi connectivity index (χ0) is 18.1. The summed E-state index contributed by atoms with van der Waals surface area (Å²) in [5.74, 6) is 0.708. The van der Waals surface area contributed by atoms with Crippen molar-refractivity contribution in [3.8, 4) is 0 Å². The summed E-state index contributed by atoms with van der Waals surface area (Å²) in [7, 11) is -1.28. The molecule has 2 N–H and O–H groups in total. The molecule has 0 aromatic heterocycles. The summed E-state index contributed by atoms with van der Waals surface area (Å²) in [5.41, 5.74) is 2.52. The maximum atomic E-state index is 11.2. The number of likely N-dealkylation sites (tertiary alicyclic amines) is 1. The monoisotopic (exact) mass is 494 g/mol. The van der Waals surface area contributed by atoms with Gasteiger partial charge < -0.3 is 10.6 Å². The Labute approximate surface area is 174 Å². The zero-order valence-corrected chi connectivity index (χ0v) is 18.8. The van der Waals surface area contributed by atoms with E-state index in [4.69, 9.17) is 0 Å². The highest BCUT2D eigenvalue weighted by atomic mass is 127. The van der Waals surface area contributed by atoms with Gasteiger partial charge in [-0.15, -0.1) is 24.0 Å². The number of benzene rings is 1. The van der Waals surface area contributed by atoms with Gasteiger partial charge in [-0.3, -0.25) is 9.89 Å². The van der Waals surface area contributed by atoms with Crippen molar-refractivity contribution in [1.29, 1.82) is 0 Å². The second kappa shape index (κ2) is 11.8. The molecule has 0 radical (unpaired) electrons. The molecule has 1 aromatic rings. The lowest BCUT2D eigenvalue weighted by molar-refractivity contribution is 0.221. The van der Waals surface area contributed by atoms with Crippen molar-refractivity contribution >= 4 is 39.8 Å². The number of hydrogen-bond acceptors (Lipinski definition) is 4. The van der Waals surface area contributed by atoms with Crippen LogP contribution in [0.3, 0.4) is 0 Å². The second-order valence-electron chi connectivity index (χ2n) is 6.64. The minimum Gasteiger partial charge on any atom is -0.355 e. The summed E-state index contributed by atoms with van der Waals surface area (Å²) >= 11 is 0. The molecule has 1 aromatic carbocycles. The number of piperidine rings is 1. The van der Waals surface area contributed by atoms with Gasteiger partial charge in [0, 0.05) is 32.9 Å². The van der Waals surface area contributed by atoms with Crippen molar-refractivity contribution in [2.24, 2.45) is 4.99 Å². The van der Waals surface area contributed by atoms with Gasteiger partial charge in [0.05, 0.1) is 5.75 Å². The number of rotatable bonds is 7. The van der Waals surface area contributed by atoms with E-state index in [1.54, 1.807) is 7.05 Å². The van der Waals surface area contributed by atoms with Gasteiger partial charge in [0.25, 0.3) is 0 Å². The van der Waals surface area contributed by atoms with Crippen LogP contribution >= 0.6 is 24.0 Å². The van der Waals surface area contributed by atoms with E-state index >= 15 is 0 Å². The maximum Gasteiger partial charge on any atom is 0.191 e. The Bertz CT molecular complexity index is 656. The fraction of sp³-hybridized carbons (Fsp3) is 0.611. The Morgan fingerprint density at radius 2 is 1.69 bits per heavy atom. The molecule has 1 fully saturated rings. The SMILES string of the molecule is CN=C(NCCS(C)(=O)=O)NCc1ccc(CN2CCCCC2)cc1.I. The highest BCUT2D eigenvalue weighted by molar-refractivity contribution is 14.0. The average Bonchev–Trinajstić information content (AvgIpc) is 2.59. The van der Waals surface area contributed by atoms with Crippen LogP contribution in [0.25, 0.3) is 0 Å². The van der Waals surface area contributed by atoms with Crippen molar-refractivity contribution in [3.63, 3.8) is 0 Å². The number of halogens is 1. The minimum absolute atomic E-state index is 0. The van der Waals surface area contributed by atoms with Crippen LogP contribution in [-0.2, 0) is 22.9 Å². The summed E-state index contributed by atoms with van der Waals surface area (Å²) in [5, 5.41) is 6.22. The van der Waals surface area contributed by atoms with E-state index in [1.807, 2.05) is 0 Å². The molecule has 148 valence electrons. The standard InChI is InChI=1S/C18H30N4O2S.HI/c1-19-18(20-10-13-25(2,23)24)21-14-16-6-8-17(9-7-16)15-22-11-4-3-5-12-22;/h6-9H,3-5,10-15H2,1-2H3,(H2,19,20,21);1H. The third-order valence-electron chi connectivity index (χ3n) is 4.33. The van der Waals surface area contributed by atoms with Crippen LogP contribution in [0.5, 0.6) is 0 Å². The molecule has 0 spiro atoms. The first-order valence-electron chi connectivity index (χ1n) is 8.89. The van der Waals surface area contributed by atoms with E-state index in [0.29, 0.717) is 19.0 Å². The van der Waals surface area contributed by atoms with E-state index < -0.39 is 9.84 Å². The summed E-state index contributed by atoms with van der Waals surface area (Å²) in [6.45, 7) is 4.45. The van der Waals surface area contributed by atoms with Gasteiger partial charge in [-0.2, -0.15) is 0 Å². The molecule has 2 rings (SSSR count). The number of nitrogens with zero attached hydrogens (tertiary/aromatic N) is 2.